The van der Waals surface area contributed by atoms with Crippen molar-refractivity contribution in [2.24, 2.45) is 5.73 Å². The highest BCUT2D eigenvalue weighted by molar-refractivity contribution is 6.02. The maximum Gasteiger partial charge on any atom is 0.414 e. The van der Waals surface area contributed by atoms with Crippen molar-refractivity contribution in [1.29, 1.82) is 0 Å². The number of hydrogen-bond acceptors (Lipinski definition) is 2. The Morgan fingerprint density at radius 2 is 1.91 bits per heavy atom. The molecule has 0 aliphatic carbocycles. The molecule has 0 spiro atoms. The van der Waals surface area contributed by atoms with Crippen LogP contribution in [0.4, 0.5) is 13.2 Å². The Hall–Kier alpha value is -1.02. The van der Waals surface area contributed by atoms with Crippen molar-refractivity contribution < 1.29 is 18.0 Å². The number of nitrogens with two attached hydrogens (primary N) is 1. The molecule has 0 rings (SSSR count). The number of carbonyl (C=O) groups is 1. The minimum atomic E-state index is -4.80. The van der Waals surface area contributed by atoms with Gasteiger partial charge < -0.3 is 5.73 Å². The number of rotatable bonds is 1. The average Bonchev–Trinajstić information content (AvgIpc) is 1.83. The van der Waals surface area contributed by atoms with Crippen LogP contribution in [0, 0.1) is 12.3 Å². The van der Waals surface area contributed by atoms with Crippen LogP contribution in [0.2, 0.25) is 0 Å². The highest BCUT2D eigenvalue weighted by Gasteiger charge is 2.53. The van der Waals surface area contributed by atoms with Gasteiger partial charge in [-0.15, -0.1) is 6.42 Å². The van der Waals surface area contributed by atoms with Gasteiger partial charge in [-0.25, -0.2) is 0 Å². The van der Waals surface area contributed by atoms with Gasteiger partial charge in [-0.3, -0.25) is 4.79 Å². The maximum atomic E-state index is 11.8. The van der Waals surface area contributed by atoms with E-state index in [9.17, 15) is 18.0 Å². The number of ketones is 1. The second-order valence-corrected chi connectivity index (χ2v) is 2.17. The van der Waals surface area contributed by atoms with Crippen molar-refractivity contribution in [3.05, 3.63) is 0 Å². The Morgan fingerprint density at radius 3 is 2.00 bits per heavy atom. The molecule has 0 fully saturated rings. The van der Waals surface area contributed by atoms with Crippen molar-refractivity contribution in [2.75, 3.05) is 0 Å². The van der Waals surface area contributed by atoms with Crippen LogP contribution in [-0.4, -0.2) is 17.5 Å². The zero-order valence-corrected chi connectivity index (χ0v) is 5.70. The van der Waals surface area contributed by atoms with Crippen LogP contribution in [0.3, 0.4) is 0 Å². The van der Waals surface area contributed by atoms with E-state index in [2.05, 4.69) is 12.2 Å². The molecule has 0 amide bonds. The van der Waals surface area contributed by atoms with E-state index in [1.54, 1.807) is 0 Å². The first kappa shape index (κ1) is 9.98. The summed E-state index contributed by atoms with van der Waals surface area (Å²) < 4.78 is 35.5. The SMILES string of the molecule is C#CC(=O)C(C)(N)C(F)(F)F. The second-order valence-electron chi connectivity index (χ2n) is 2.17. The van der Waals surface area contributed by atoms with E-state index in [0.717, 1.165) is 0 Å². The van der Waals surface area contributed by atoms with Crippen LogP contribution in [0.15, 0.2) is 0 Å². The van der Waals surface area contributed by atoms with E-state index in [1.165, 1.54) is 5.92 Å². The normalized spacial score (nSPS) is 16.7. The molecule has 0 aromatic rings. The molecule has 2 N–H and O–H groups in total. The first-order valence-electron chi connectivity index (χ1n) is 2.60. The minimum Gasteiger partial charge on any atom is -0.311 e. The van der Waals surface area contributed by atoms with Crippen molar-refractivity contribution in [2.45, 2.75) is 18.6 Å². The van der Waals surface area contributed by atoms with E-state index in [4.69, 9.17) is 0 Å². The first-order valence-corrected chi connectivity index (χ1v) is 2.60. The molecular formula is C6H6F3NO. The number of alkyl halides is 3. The van der Waals surface area contributed by atoms with Crippen molar-refractivity contribution in [1.82, 2.24) is 0 Å². The minimum absolute atomic E-state index is 0.537. The van der Waals surface area contributed by atoms with E-state index in [0.29, 0.717) is 6.92 Å². The fraction of sp³-hybridized carbons (Fsp3) is 0.500. The molecule has 0 radical (unpaired) electrons. The van der Waals surface area contributed by atoms with Gasteiger partial charge in [0, 0.05) is 0 Å². The molecule has 0 aromatic heterocycles. The van der Waals surface area contributed by atoms with Gasteiger partial charge >= 0.3 is 6.18 Å². The molecule has 0 aliphatic heterocycles. The standard InChI is InChI=1S/C6H6F3NO/c1-3-4(11)5(2,10)6(7,8)9/h1H,10H2,2H3. The number of Topliss-reactive ketones (excluding diaryl/α,β-unsaturated/α-hetero) is 1. The van der Waals surface area contributed by atoms with Crippen LogP contribution >= 0.6 is 0 Å². The molecule has 5 heteroatoms. The predicted octanol–water partition coefficient (Wildman–Crippen LogP) is 0.468. The maximum absolute atomic E-state index is 11.8. The third kappa shape index (κ3) is 1.71. The van der Waals surface area contributed by atoms with Crippen LogP contribution < -0.4 is 5.73 Å². The number of hydrogen-bond donors (Lipinski definition) is 1. The summed E-state index contributed by atoms with van der Waals surface area (Å²) in [5.74, 6) is -0.140. The number of carbonyl (C=O) groups excluding carboxylic acids is 1. The largest absolute Gasteiger partial charge is 0.414 e. The van der Waals surface area contributed by atoms with Gasteiger partial charge in [0.2, 0.25) is 5.78 Å². The summed E-state index contributed by atoms with van der Waals surface area (Å²) in [4.78, 5) is 10.4. The van der Waals surface area contributed by atoms with Gasteiger partial charge in [-0.2, -0.15) is 13.2 Å². The van der Waals surface area contributed by atoms with Crippen molar-refractivity contribution in [3.63, 3.8) is 0 Å². The molecule has 0 saturated heterocycles. The lowest BCUT2D eigenvalue weighted by Crippen LogP contribution is -2.56. The summed E-state index contributed by atoms with van der Waals surface area (Å²) in [6, 6.07) is 0. The van der Waals surface area contributed by atoms with Crippen LogP contribution in [0.1, 0.15) is 6.92 Å². The quantitative estimate of drug-likeness (QED) is 0.453. The van der Waals surface area contributed by atoms with E-state index in [1.807, 2.05) is 0 Å². The van der Waals surface area contributed by atoms with Crippen LogP contribution in [-0.2, 0) is 4.79 Å². The molecule has 0 aliphatic rings. The number of halogens is 3. The lowest BCUT2D eigenvalue weighted by Gasteiger charge is -2.22. The Labute approximate surface area is 61.6 Å². The van der Waals surface area contributed by atoms with Gasteiger partial charge in [0.15, 0.2) is 5.54 Å². The highest BCUT2D eigenvalue weighted by atomic mass is 19.4. The Balaban J connectivity index is 4.77. The van der Waals surface area contributed by atoms with Gasteiger partial charge in [-0.05, 0) is 12.8 Å². The molecule has 0 heterocycles. The molecule has 0 saturated carbocycles. The molecular weight excluding hydrogens is 159 g/mol. The summed E-state index contributed by atoms with van der Waals surface area (Å²) >= 11 is 0. The fourth-order valence-corrected chi connectivity index (χ4v) is 0.279. The zero-order valence-electron chi connectivity index (χ0n) is 5.70. The molecule has 0 aromatic carbocycles. The Morgan fingerprint density at radius 1 is 1.55 bits per heavy atom. The average molecular weight is 165 g/mol. The highest BCUT2D eigenvalue weighted by Crippen LogP contribution is 2.28. The Kier molecular flexibility index (Phi) is 2.31. The molecule has 62 valence electrons. The van der Waals surface area contributed by atoms with Gasteiger partial charge in [-0.1, -0.05) is 0 Å². The van der Waals surface area contributed by atoms with Crippen molar-refractivity contribution >= 4 is 5.78 Å². The summed E-state index contributed by atoms with van der Waals surface area (Å²) in [5, 5.41) is 0. The smallest absolute Gasteiger partial charge is 0.311 e. The molecule has 2 nitrogen and oxygen atoms in total. The lowest BCUT2D eigenvalue weighted by molar-refractivity contribution is -0.182. The fourth-order valence-electron chi connectivity index (χ4n) is 0.279. The van der Waals surface area contributed by atoms with Crippen LogP contribution in [0.5, 0.6) is 0 Å². The van der Waals surface area contributed by atoms with Crippen molar-refractivity contribution in [3.8, 4) is 12.3 Å². The third-order valence-corrected chi connectivity index (χ3v) is 1.19. The van der Waals surface area contributed by atoms with Gasteiger partial charge in [0.25, 0.3) is 0 Å². The topological polar surface area (TPSA) is 43.1 Å². The van der Waals surface area contributed by atoms with E-state index < -0.39 is 17.5 Å². The third-order valence-electron chi connectivity index (χ3n) is 1.19. The summed E-state index contributed by atoms with van der Waals surface area (Å²) in [6.07, 6.45) is -0.320. The molecule has 1 unspecified atom stereocenters. The number of terminal acetylenes is 1. The summed E-state index contributed by atoms with van der Waals surface area (Å²) in [7, 11) is 0. The monoisotopic (exact) mass is 165 g/mol. The molecule has 11 heavy (non-hydrogen) atoms. The van der Waals surface area contributed by atoms with Gasteiger partial charge in [0.1, 0.15) is 0 Å². The second kappa shape index (κ2) is 2.55. The molecule has 0 bridgehead atoms. The predicted molar refractivity (Wildman–Crippen MR) is 32.5 cm³/mol. The van der Waals surface area contributed by atoms with E-state index >= 15 is 0 Å². The van der Waals surface area contributed by atoms with E-state index in [-0.39, 0.29) is 0 Å². The van der Waals surface area contributed by atoms with Crippen LogP contribution in [0.25, 0.3) is 0 Å². The molecule has 1 atom stereocenters. The van der Waals surface area contributed by atoms with Gasteiger partial charge in [0.05, 0.1) is 0 Å². The zero-order chi connectivity index (χ0) is 9.28. The lowest BCUT2D eigenvalue weighted by atomic mass is 9.98. The first-order chi connectivity index (χ1) is 4.73. The summed E-state index contributed by atoms with van der Waals surface area (Å²) in [5.41, 5.74) is 1.70. The summed E-state index contributed by atoms with van der Waals surface area (Å²) in [6.45, 7) is 0.537. The Bertz CT molecular complexity index is 211.